The van der Waals surface area contributed by atoms with Crippen molar-refractivity contribution in [3.63, 3.8) is 0 Å². The Balaban J connectivity index is 2.36. The van der Waals surface area contributed by atoms with Crippen molar-refractivity contribution in [1.82, 2.24) is 0 Å². The first-order valence-electron chi connectivity index (χ1n) is 6.10. The van der Waals surface area contributed by atoms with E-state index in [2.05, 4.69) is 0 Å². The lowest BCUT2D eigenvalue weighted by Crippen LogP contribution is -2.10. The Hall–Kier alpha value is -1.22. The number of ether oxygens (including phenoxy) is 1. The predicted molar refractivity (Wildman–Crippen MR) is 84.3 cm³/mol. The van der Waals surface area contributed by atoms with Gasteiger partial charge in [0.1, 0.15) is 5.75 Å². The van der Waals surface area contributed by atoms with Gasteiger partial charge in [-0.25, -0.2) is 4.57 Å². The molecule has 0 amide bonds. The number of methoxy groups -OCH3 is 1. The van der Waals surface area contributed by atoms with Gasteiger partial charge in [0, 0.05) is 22.5 Å². The SMILES string of the molecule is COC(=O)[C@@H](C)c1ccc2cc(OP(=O)(Cl)Cl)ccc2c1. The van der Waals surface area contributed by atoms with Crippen LogP contribution >= 0.6 is 28.6 Å². The molecule has 0 aliphatic heterocycles. The highest BCUT2D eigenvalue weighted by Gasteiger charge is 2.17. The molecule has 112 valence electrons. The van der Waals surface area contributed by atoms with E-state index in [1.807, 2.05) is 18.2 Å². The summed E-state index contributed by atoms with van der Waals surface area (Å²) in [4.78, 5) is 11.6. The van der Waals surface area contributed by atoms with Crippen LogP contribution in [0.2, 0.25) is 0 Å². The Morgan fingerprint density at radius 3 is 2.38 bits per heavy atom. The summed E-state index contributed by atoms with van der Waals surface area (Å²) >= 11 is 10.8. The molecule has 0 N–H and O–H groups in total. The van der Waals surface area contributed by atoms with Gasteiger partial charge < -0.3 is 9.26 Å². The van der Waals surface area contributed by atoms with Crippen molar-refractivity contribution in [2.24, 2.45) is 0 Å². The summed E-state index contributed by atoms with van der Waals surface area (Å²) < 4.78 is 20.9. The van der Waals surface area contributed by atoms with Gasteiger partial charge in [0.05, 0.1) is 13.0 Å². The molecule has 21 heavy (non-hydrogen) atoms. The Kier molecular flexibility index (Phi) is 4.82. The lowest BCUT2D eigenvalue weighted by atomic mass is 9.98. The highest BCUT2D eigenvalue weighted by molar-refractivity contribution is 8.05. The fraction of sp³-hybridized carbons (Fsp3) is 0.214. The van der Waals surface area contributed by atoms with Crippen LogP contribution < -0.4 is 4.52 Å². The molecule has 0 heterocycles. The number of hydrogen-bond acceptors (Lipinski definition) is 4. The van der Waals surface area contributed by atoms with Crippen LogP contribution in [0.4, 0.5) is 0 Å². The molecule has 0 spiro atoms. The third-order valence-corrected chi connectivity index (χ3v) is 3.94. The second kappa shape index (κ2) is 6.27. The van der Waals surface area contributed by atoms with Crippen molar-refractivity contribution < 1.29 is 18.6 Å². The van der Waals surface area contributed by atoms with E-state index in [0.717, 1.165) is 16.3 Å². The quantitative estimate of drug-likeness (QED) is 0.572. The molecule has 0 aliphatic carbocycles. The molecule has 2 aromatic rings. The van der Waals surface area contributed by atoms with Gasteiger partial charge in [0.15, 0.2) is 0 Å². The summed E-state index contributed by atoms with van der Waals surface area (Å²) in [6.45, 7) is 1.78. The maximum atomic E-state index is 11.6. The number of hydrogen-bond donors (Lipinski definition) is 0. The Labute approximate surface area is 132 Å². The molecule has 1 atom stereocenters. The average molecular weight is 347 g/mol. The van der Waals surface area contributed by atoms with E-state index in [1.165, 1.54) is 7.11 Å². The number of halogens is 2. The van der Waals surface area contributed by atoms with Crippen molar-refractivity contribution in [3.05, 3.63) is 42.0 Å². The van der Waals surface area contributed by atoms with Crippen LogP contribution in [-0.2, 0) is 14.1 Å². The van der Waals surface area contributed by atoms with E-state index < -0.39 is 6.07 Å². The predicted octanol–water partition coefficient (Wildman–Crippen LogP) is 5.08. The molecule has 0 bridgehead atoms. The third kappa shape index (κ3) is 4.13. The monoisotopic (exact) mass is 346 g/mol. The molecule has 2 aromatic carbocycles. The molecule has 0 unspecified atom stereocenters. The van der Waals surface area contributed by atoms with E-state index >= 15 is 0 Å². The lowest BCUT2D eigenvalue weighted by molar-refractivity contribution is -0.141. The first-order valence-corrected chi connectivity index (χ1v) is 9.54. The second-order valence-corrected chi connectivity index (χ2v) is 8.72. The largest absolute Gasteiger partial charge is 0.469 e. The maximum absolute atomic E-state index is 11.6. The van der Waals surface area contributed by atoms with Crippen molar-refractivity contribution in [2.45, 2.75) is 12.8 Å². The zero-order valence-electron chi connectivity index (χ0n) is 11.4. The van der Waals surface area contributed by atoms with Crippen molar-refractivity contribution >= 4 is 45.3 Å². The molecule has 0 aromatic heterocycles. The summed E-state index contributed by atoms with van der Waals surface area (Å²) in [6.07, 6.45) is -3.62. The summed E-state index contributed by atoms with van der Waals surface area (Å²) in [5, 5.41) is 1.77. The van der Waals surface area contributed by atoms with Crippen LogP contribution in [-0.4, -0.2) is 13.1 Å². The minimum atomic E-state index is -3.62. The molecular weight excluding hydrogens is 334 g/mol. The van der Waals surface area contributed by atoms with Gasteiger partial charge >= 0.3 is 12.0 Å². The first-order chi connectivity index (χ1) is 9.80. The van der Waals surface area contributed by atoms with E-state index in [0.29, 0.717) is 5.75 Å². The topological polar surface area (TPSA) is 52.6 Å². The third-order valence-electron chi connectivity index (χ3n) is 3.10. The minimum Gasteiger partial charge on any atom is -0.469 e. The summed E-state index contributed by atoms with van der Waals surface area (Å²) in [5.74, 6) is -0.314. The fourth-order valence-electron chi connectivity index (χ4n) is 2.00. The van der Waals surface area contributed by atoms with Crippen LogP contribution in [0.25, 0.3) is 10.8 Å². The van der Waals surface area contributed by atoms with Gasteiger partial charge in [0.25, 0.3) is 0 Å². The maximum Gasteiger partial charge on any atom is 0.428 e. The fourth-order valence-corrected chi connectivity index (χ4v) is 2.84. The van der Waals surface area contributed by atoms with Crippen molar-refractivity contribution in [3.8, 4) is 5.75 Å². The summed E-state index contributed by atoms with van der Waals surface area (Å²) in [5.41, 5.74) is 0.850. The summed E-state index contributed by atoms with van der Waals surface area (Å²) in [6, 6.07) is 10.6. The molecule has 2 rings (SSSR count). The van der Waals surface area contributed by atoms with E-state index in [4.69, 9.17) is 31.7 Å². The number of benzene rings is 2. The van der Waals surface area contributed by atoms with Gasteiger partial charge in [-0.2, -0.15) is 0 Å². The highest BCUT2D eigenvalue weighted by atomic mass is 35.9. The second-order valence-electron chi connectivity index (χ2n) is 4.52. The Morgan fingerprint density at radius 2 is 1.76 bits per heavy atom. The van der Waals surface area contributed by atoms with Crippen LogP contribution in [0, 0.1) is 0 Å². The standard InChI is InChI=1S/C14H13Cl2O4P/c1-9(14(17)19-2)10-3-4-12-8-13(20-21(15,16)18)6-5-11(12)7-10/h3-9H,1-2H3/t9-/m0/s1. The average Bonchev–Trinajstić information content (AvgIpc) is 2.43. The van der Waals surface area contributed by atoms with Crippen molar-refractivity contribution in [1.29, 1.82) is 0 Å². The molecule has 0 radical (unpaired) electrons. The minimum absolute atomic E-state index is 0.292. The Bertz CT molecular complexity index is 726. The molecule has 0 saturated heterocycles. The number of rotatable bonds is 4. The number of carbonyl (C=O) groups excluding carboxylic acids is 1. The summed E-state index contributed by atoms with van der Waals surface area (Å²) in [7, 11) is 1.36. The molecular formula is C14H13Cl2O4P. The van der Waals surface area contributed by atoms with E-state index in [-0.39, 0.29) is 11.9 Å². The zero-order chi connectivity index (χ0) is 15.6. The van der Waals surface area contributed by atoms with Gasteiger partial charge in [0.2, 0.25) is 0 Å². The van der Waals surface area contributed by atoms with Crippen LogP contribution in [0.1, 0.15) is 18.4 Å². The smallest absolute Gasteiger partial charge is 0.428 e. The van der Waals surface area contributed by atoms with Crippen LogP contribution in [0.5, 0.6) is 5.75 Å². The molecule has 0 fully saturated rings. The molecule has 0 aliphatic rings. The van der Waals surface area contributed by atoms with E-state index in [9.17, 15) is 9.36 Å². The molecule has 7 heteroatoms. The van der Waals surface area contributed by atoms with Gasteiger partial charge in [-0.1, -0.05) is 24.3 Å². The lowest BCUT2D eigenvalue weighted by Gasteiger charge is -2.11. The van der Waals surface area contributed by atoms with Gasteiger partial charge in [-0.05, 0) is 35.4 Å². The van der Waals surface area contributed by atoms with Gasteiger partial charge in [-0.3, -0.25) is 4.79 Å². The van der Waals surface area contributed by atoms with Crippen LogP contribution in [0.15, 0.2) is 36.4 Å². The van der Waals surface area contributed by atoms with Gasteiger partial charge in [-0.15, -0.1) is 0 Å². The molecule has 0 saturated carbocycles. The van der Waals surface area contributed by atoms with E-state index in [1.54, 1.807) is 25.1 Å². The highest BCUT2D eigenvalue weighted by Crippen LogP contribution is 2.57. The molecule has 4 nitrogen and oxygen atoms in total. The van der Waals surface area contributed by atoms with Crippen LogP contribution in [0.3, 0.4) is 0 Å². The number of carbonyl (C=O) groups is 1. The normalized spacial score (nSPS) is 13.0. The zero-order valence-corrected chi connectivity index (χ0v) is 13.8. The first kappa shape index (κ1) is 16.2. The Morgan fingerprint density at radius 1 is 1.14 bits per heavy atom. The number of fused-ring (bicyclic) bond motifs is 1. The number of esters is 1. The van der Waals surface area contributed by atoms with Crippen molar-refractivity contribution in [2.75, 3.05) is 7.11 Å².